The molecule has 1 aliphatic heterocycles. The molecular formula is C17H16Cl2FNO. The Bertz CT molecular complexity index is 705. The quantitative estimate of drug-likeness (QED) is 0.874. The van der Waals surface area contributed by atoms with Crippen molar-refractivity contribution in [3.63, 3.8) is 0 Å². The van der Waals surface area contributed by atoms with E-state index in [1.54, 1.807) is 18.2 Å². The fraction of sp³-hybridized carbons (Fsp3) is 0.294. The highest BCUT2D eigenvalue weighted by molar-refractivity contribution is 6.36. The maximum absolute atomic E-state index is 14.0. The van der Waals surface area contributed by atoms with E-state index in [0.29, 0.717) is 15.6 Å². The summed E-state index contributed by atoms with van der Waals surface area (Å²) in [7, 11) is 1.89. The number of benzene rings is 2. The Balaban J connectivity index is 2.10. The van der Waals surface area contributed by atoms with Gasteiger partial charge in [-0.2, -0.15) is 0 Å². The maximum atomic E-state index is 14.0. The molecule has 0 bridgehead atoms. The molecule has 22 heavy (non-hydrogen) atoms. The zero-order valence-corrected chi connectivity index (χ0v) is 13.6. The van der Waals surface area contributed by atoms with Gasteiger partial charge >= 0.3 is 0 Å². The van der Waals surface area contributed by atoms with Crippen LogP contribution in [0.25, 0.3) is 11.1 Å². The average molecular weight is 340 g/mol. The molecule has 0 radical (unpaired) electrons. The first kappa shape index (κ1) is 15.6. The average Bonchev–Trinajstić information content (AvgIpc) is 2.47. The van der Waals surface area contributed by atoms with Crippen LogP contribution in [0.5, 0.6) is 5.75 Å². The molecule has 2 aromatic rings. The highest BCUT2D eigenvalue weighted by Crippen LogP contribution is 2.41. The molecule has 0 aromatic heterocycles. The molecule has 116 valence electrons. The van der Waals surface area contributed by atoms with Gasteiger partial charge in [0.1, 0.15) is 17.7 Å². The molecule has 0 aliphatic carbocycles. The van der Waals surface area contributed by atoms with Crippen LogP contribution in [0.4, 0.5) is 4.39 Å². The van der Waals surface area contributed by atoms with Crippen LogP contribution in [-0.2, 0) is 6.42 Å². The van der Waals surface area contributed by atoms with E-state index < -0.39 is 0 Å². The molecule has 1 aliphatic rings. The lowest BCUT2D eigenvalue weighted by Gasteiger charge is -2.28. The Labute approximate surface area is 139 Å². The van der Waals surface area contributed by atoms with Crippen LogP contribution >= 0.6 is 23.2 Å². The van der Waals surface area contributed by atoms with E-state index in [1.807, 2.05) is 7.05 Å². The number of fused-ring (bicyclic) bond motifs is 1. The monoisotopic (exact) mass is 339 g/mol. The van der Waals surface area contributed by atoms with Crippen molar-refractivity contribution in [3.8, 4) is 16.9 Å². The van der Waals surface area contributed by atoms with Gasteiger partial charge in [-0.1, -0.05) is 29.3 Å². The summed E-state index contributed by atoms with van der Waals surface area (Å²) in [6.07, 6.45) is 1.73. The van der Waals surface area contributed by atoms with Crippen LogP contribution in [0.3, 0.4) is 0 Å². The highest BCUT2D eigenvalue weighted by atomic mass is 35.5. The number of hydrogen-bond acceptors (Lipinski definition) is 2. The predicted octanol–water partition coefficient (Wildman–Crippen LogP) is 4.71. The lowest BCUT2D eigenvalue weighted by Crippen LogP contribution is -2.32. The molecule has 0 amide bonds. The molecule has 0 fully saturated rings. The molecule has 2 aromatic carbocycles. The number of aryl methyl sites for hydroxylation is 1. The Morgan fingerprint density at radius 3 is 2.77 bits per heavy atom. The van der Waals surface area contributed by atoms with Crippen molar-refractivity contribution in [2.75, 3.05) is 13.6 Å². The molecule has 0 unspecified atom stereocenters. The van der Waals surface area contributed by atoms with Crippen LogP contribution < -0.4 is 10.1 Å². The van der Waals surface area contributed by atoms with Gasteiger partial charge < -0.3 is 10.1 Å². The summed E-state index contributed by atoms with van der Waals surface area (Å²) < 4.78 is 20.0. The molecule has 1 N–H and O–H groups in total. The van der Waals surface area contributed by atoms with Gasteiger partial charge in [-0.25, -0.2) is 4.39 Å². The molecule has 1 atom stereocenters. The van der Waals surface area contributed by atoms with Crippen molar-refractivity contribution in [1.29, 1.82) is 0 Å². The molecule has 0 saturated carbocycles. The minimum atomic E-state index is -0.282. The molecule has 1 heterocycles. The predicted molar refractivity (Wildman–Crippen MR) is 88.5 cm³/mol. The Kier molecular flexibility index (Phi) is 4.57. The fourth-order valence-corrected chi connectivity index (χ4v) is 3.31. The van der Waals surface area contributed by atoms with Gasteiger partial charge in [-0.15, -0.1) is 0 Å². The van der Waals surface area contributed by atoms with Crippen molar-refractivity contribution in [3.05, 3.63) is 51.8 Å². The number of nitrogens with one attached hydrogen (secondary N) is 1. The first-order valence-electron chi connectivity index (χ1n) is 7.17. The lowest BCUT2D eigenvalue weighted by molar-refractivity contribution is 0.174. The molecule has 3 rings (SSSR count). The first-order chi connectivity index (χ1) is 10.6. The first-order valence-corrected chi connectivity index (χ1v) is 7.93. The van der Waals surface area contributed by atoms with Gasteiger partial charge in [0.05, 0.1) is 5.02 Å². The van der Waals surface area contributed by atoms with Crippen molar-refractivity contribution in [1.82, 2.24) is 5.32 Å². The summed E-state index contributed by atoms with van der Waals surface area (Å²) in [5.74, 6) is 0.438. The van der Waals surface area contributed by atoms with Gasteiger partial charge in [0.25, 0.3) is 0 Å². The van der Waals surface area contributed by atoms with Gasteiger partial charge in [0.2, 0.25) is 0 Å². The topological polar surface area (TPSA) is 21.3 Å². The van der Waals surface area contributed by atoms with Crippen LogP contribution in [0.2, 0.25) is 10.0 Å². The second kappa shape index (κ2) is 6.45. The summed E-state index contributed by atoms with van der Waals surface area (Å²) >= 11 is 12.2. The minimum absolute atomic E-state index is 0.0767. The molecular weight excluding hydrogens is 324 g/mol. The van der Waals surface area contributed by atoms with E-state index >= 15 is 0 Å². The van der Waals surface area contributed by atoms with Crippen molar-refractivity contribution >= 4 is 23.2 Å². The van der Waals surface area contributed by atoms with Gasteiger partial charge in [0, 0.05) is 22.7 Å². The largest absolute Gasteiger partial charge is 0.488 e. The van der Waals surface area contributed by atoms with Crippen LogP contribution in [0, 0.1) is 5.82 Å². The van der Waals surface area contributed by atoms with E-state index in [2.05, 4.69) is 5.32 Å². The lowest BCUT2D eigenvalue weighted by atomic mass is 9.95. The van der Waals surface area contributed by atoms with E-state index in [9.17, 15) is 4.39 Å². The Morgan fingerprint density at radius 2 is 2.05 bits per heavy atom. The summed E-state index contributed by atoms with van der Waals surface area (Å²) in [6, 6.07) is 8.20. The normalized spacial score (nSPS) is 17.0. The summed E-state index contributed by atoms with van der Waals surface area (Å²) in [5, 5.41) is 4.15. The minimum Gasteiger partial charge on any atom is -0.488 e. The van der Waals surface area contributed by atoms with Crippen LogP contribution in [0.1, 0.15) is 12.0 Å². The van der Waals surface area contributed by atoms with Gasteiger partial charge in [-0.05, 0) is 49.7 Å². The molecule has 0 saturated heterocycles. The van der Waals surface area contributed by atoms with Gasteiger partial charge in [0.15, 0.2) is 0 Å². The third kappa shape index (κ3) is 3.07. The van der Waals surface area contributed by atoms with E-state index in [4.69, 9.17) is 27.9 Å². The number of halogens is 3. The summed E-state index contributed by atoms with van der Waals surface area (Å²) in [4.78, 5) is 0. The third-order valence-corrected chi connectivity index (χ3v) is 4.35. The molecule has 2 nitrogen and oxygen atoms in total. The standard InChI is InChI=1S/C17H16Cl2FNO/c1-21-9-13-4-2-10-6-12(20)8-15(17(10)22-13)14-5-3-11(18)7-16(14)19/h3,5-8,13,21H,2,4,9H2,1H3/t13-/m1/s1. The number of rotatable bonds is 3. The van der Waals surface area contributed by atoms with E-state index in [-0.39, 0.29) is 11.9 Å². The smallest absolute Gasteiger partial charge is 0.131 e. The zero-order chi connectivity index (χ0) is 15.7. The van der Waals surface area contributed by atoms with Crippen molar-refractivity contribution in [2.45, 2.75) is 18.9 Å². The number of hydrogen-bond donors (Lipinski definition) is 1. The Morgan fingerprint density at radius 1 is 1.23 bits per heavy atom. The second-order valence-electron chi connectivity index (χ2n) is 5.40. The third-order valence-electron chi connectivity index (χ3n) is 3.80. The zero-order valence-electron chi connectivity index (χ0n) is 12.1. The molecule has 5 heteroatoms. The van der Waals surface area contributed by atoms with E-state index in [0.717, 1.165) is 36.3 Å². The SMILES string of the molecule is CNC[C@H]1CCc2cc(F)cc(-c3ccc(Cl)cc3Cl)c2O1. The van der Waals surface area contributed by atoms with Gasteiger partial charge in [-0.3, -0.25) is 0 Å². The number of likely N-dealkylation sites (N-methyl/N-ethyl adjacent to an activating group) is 1. The van der Waals surface area contributed by atoms with E-state index in [1.165, 1.54) is 12.1 Å². The second-order valence-corrected chi connectivity index (χ2v) is 6.25. The summed E-state index contributed by atoms with van der Waals surface area (Å²) in [5.41, 5.74) is 2.29. The highest BCUT2D eigenvalue weighted by Gasteiger charge is 2.24. The maximum Gasteiger partial charge on any atom is 0.131 e. The number of ether oxygens (including phenoxy) is 1. The van der Waals surface area contributed by atoms with Crippen LogP contribution in [-0.4, -0.2) is 19.7 Å². The fourth-order valence-electron chi connectivity index (χ4n) is 2.80. The van der Waals surface area contributed by atoms with Crippen molar-refractivity contribution < 1.29 is 9.13 Å². The summed E-state index contributed by atoms with van der Waals surface area (Å²) in [6.45, 7) is 0.755. The van der Waals surface area contributed by atoms with Crippen molar-refractivity contribution in [2.24, 2.45) is 0 Å². The van der Waals surface area contributed by atoms with Crippen LogP contribution in [0.15, 0.2) is 30.3 Å². The Hall–Kier alpha value is -1.29. The molecule has 0 spiro atoms.